The topological polar surface area (TPSA) is 82.1 Å². The van der Waals surface area contributed by atoms with E-state index in [9.17, 15) is 14.4 Å². The third kappa shape index (κ3) is 5.75. The molecular weight excluding hydrogens is 290 g/mol. The number of carbonyl (C=O) groups excluding carboxylic acids is 3. The van der Waals surface area contributed by atoms with Crippen LogP contribution < -0.4 is 0 Å². The van der Waals surface area contributed by atoms with Gasteiger partial charge in [0.05, 0.1) is 12.1 Å². The monoisotopic (exact) mass is 313 g/mol. The highest BCUT2D eigenvalue weighted by Gasteiger charge is 2.36. The summed E-state index contributed by atoms with van der Waals surface area (Å²) in [5, 5.41) is 0. The summed E-state index contributed by atoms with van der Waals surface area (Å²) in [6.07, 6.45) is 2.92. The Hall–Kier alpha value is -2.05. The molecule has 1 aliphatic heterocycles. The van der Waals surface area contributed by atoms with E-state index in [1.165, 1.54) is 18.7 Å². The molecule has 2 atom stereocenters. The van der Waals surface area contributed by atoms with Gasteiger partial charge >= 0.3 is 18.0 Å². The number of nitrogens with zero attached hydrogens (tertiary/aromatic N) is 1. The van der Waals surface area contributed by atoms with E-state index >= 15 is 0 Å². The second kappa shape index (κ2) is 7.29. The van der Waals surface area contributed by atoms with Crippen molar-refractivity contribution in [2.75, 3.05) is 13.2 Å². The van der Waals surface area contributed by atoms with Crippen molar-refractivity contribution in [3.8, 4) is 0 Å². The van der Waals surface area contributed by atoms with E-state index in [4.69, 9.17) is 14.2 Å². The van der Waals surface area contributed by atoms with E-state index in [1.54, 1.807) is 32.9 Å². The van der Waals surface area contributed by atoms with Crippen molar-refractivity contribution in [2.45, 2.75) is 52.3 Å². The molecule has 0 aromatic rings. The predicted molar refractivity (Wildman–Crippen MR) is 78.1 cm³/mol. The van der Waals surface area contributed by atoms with Gasteiger partial charge in [-0.1, -0.05) is 12.2 Å². The summed E-state index contributed by atoms with van der Waals surface area (Å²) in [5.74, 6) is -0.859. The number of ether oxygens (including phenoxy) is 3. The maximum atomic E-state index is 12.4. The first-order valence-corrected chi connectivity index (χ1v) is 7.06. The Kier molecular flexibility index (Phi) is 5.96. The Bertz CT molecular complexity index is 437. The second-order valence-electron chi connectivity index (χ2n) is 6.01. The maximum absolute atomic E-state index is 12.4. The number of amides is 1. The Morgan fingerprint density at radius 1 is 0.955 bits per heavy atom. The van der Waals surface area contributed by atoms with E-state index in [1.807, 2.05) is 0 Å². The van der Waals surface area contributed by atoms with E-state index < -0.39 is 35.7 Å². The van der Waals surface area contributed by atoms with Crippen LogP contribution in [-0.4, -0.2) is 53.8 Å². The molecule has 7 heteroatoms. The average Bonchev–Trinajstić information content (AvgIpc) is 2.74. The smallest absolute Gasteiger partial charge is 0.411 e. The minimum Gasteiger partial charge on any atom is -0.463 e. The van der Waals surface area contributed by atoms with Crippen molar-refractivity contribution in [3.05, 3.63) is 12.2 Å². The number of hydrogen-bond acceptors (Lipinski definition) is 6. The Morgan fingerprint density at radius 2 is 1.36 bits per heavy atom. The Balaban J connectivity index is 2.80. The average molecular weight is 313 g/mol. The van der Waals surface area contributed by atoms with Crippen LogP contribution in [0.1, 0.15) is 34.6 Å². The molecule has 22 heavy (non-hydrogen) atoms. The van der Waals surface area contributed by atoms with Crippen molar-refractivity contribution in [2.24, 2.45) is 0 Å². The first-order chi connectivity index (χ1) is 10.1. The van der Waals surface area contributed by atoms with Crippen LogP contribution in [0.4, 0.5) is 4.79 Å². The minimum absolute atomic E-state index is 0.0294. The SMILES string of the molecule is CC(=O)OC[C@H]1C=C[C@@H](COC(C)=O)N1C(=O)OC(C)(C)C. The van der Waals surface area contributed by atoms with E-state index in [2.05, 4.69) is 0 Å². The highest BCUT2D eigenvalue weighted by Crippen LogP contribution is 2.22. The van der Waals surface area contributed by atoms with Crippen LogP contribution in [0.3, 0.4) is 0 Å². The van der Waals surface area contributed by atoms with Gasteiger partial charge in [0.1, 0.15) is 18.8 Å². The summed E-state index contributed by atoms with van der Waals surface area (Å²) in [6.45, 7) is 7.94. The van der Waals surface area contributed by atoms with E-state index in [-0.39, 0.29) is 13.2 Å². The molecule has 1 aliphatic rings. The lowest BCUT2D eigenvalue weighted by atomic mass is 10.2. The summed E-state index contributed by atoms with van der Waals surface area (Å²) in [5.41, 5.74) is -0.655. The van der Waals surface area contributed by atoms with Crippen molar-refractivity contribution >= 4 is 18.0 Å². The van der Waals surface area contributed by atoms with Crippen molar-refractivity contribution in [1.82, 2.24) is 4.90 Å². The molecule has 0 aromatic carbocycles. The van der Waals surface area contributed by atoms with Gasteiger partial charge in [0.25, 0.3) is 0 Å². The highest BCUT2D eigenvalue weighted by atomic mass is 16.6. The van der Waals surface area contributed by atoms with Gasteiger partial charge in [-0.25, -0.2) is 4.79 Å². The molecule has 1 amide bonds. The Morgan fingerprint density at radius 3 is 1.68 bits per heavy atom. The van der Waals surface area contributed by atoms with Crippen LogP contribution in [0.5, 0.6) is 0 Å². The minimum atomic E-state index is -0.655. The number of rotatable bonds is 4. The molecule has 0 fully saturated rings. The van der Waals surface area contributed by atoms with Crippen LogP contribution in [0.15, 0.2) is 12.2 Å². The molecule has 1 rings (SSSR count). The third-order valence-electron chi connectivity index (χ3n) is 2.79. The number of hydrogen-bond donors (Lipinski definition) is 0. The Labute approximate surface area is 130 Å². The van der Waals surface area contributed by atoms with E-state index in [0.717, 1.165) is 0 Å². The van der Waals surface area contributed by atoms with Gasteiger partial charge in [-0.15, -0.1) is 0 Å². The molecule has 0 unspecified atom stereocenters. The lowest BCUT2D eigenvalue weighted by molar-refractivity contribution is -0.143. The molecule has 1 heterocycles. The summed E-state index contributed by atoms with van der Waals surface area (Å²) in [4.78, 5) is 35.7. The largest absolute Gasteiger partial charge is 0.463 e. The van der Waals surface area contributed by atoms with Crippen LogP contribution >= 0.6 is 0 Å². The lowest BCUT2D eigenvalue weighted by Gasteiger charge is -2.32. The summed E-state index contributed by atoms with van der Waals surface area (Å²) in [6, 6.07) is -0.890. The summed E-state index contributed by atoms with van der Waals surface area (Å²) in [7, 11) is 0. The zero-order valence-electron chi connectivity index (χ0n) is 13.6. The van der Waals surface area contributed by atoms with Crippen LogP contribution in [-0.2, 0) is 23.8 Å². The maximum Gasteiger partial charge on any atom is 0.411 e. The molecule has 0 radical (unpaired) electrons. The third-order valence-corrected chi connectivity index (χ3v) is 2.79. The van der Waals surface area contributed by atoms with Crippen molar-refractivity contribution < 1.29 is 28.6 Å². The van der Waals surface area contributed by atoms with Gasteiger partial charge in [-0.05, 0) is 20.8 Å². The highest BCUT2D eigenvalue weighted by molar-refractivity contribution is 5.71. The molecule has 0 saturated heterocycles. The molecule has 0 aliphatic carbocycles. The molecule has 7 nitrogen and oxygen atoms in total. The van der Waals surface area contributed by atoms with Gasteiger partial charge in [-0.2, -0.15) is 0 Å². The molecule has 0 aromatic heterocycles. The van der Waals surface area contributed by atoms with Crippen LogP contribution in [0.2, 0.25) is 0 Å². The fourth-order valence-electron chi connectivity index (χ4n) is 1.95. The first-order valence-electron chi connectivity index (χ1n) is 7.06. The molecule has 0 N–H and O–H groups in total. The van der Waals surface area contributed by atoms with Gasteiger partial charge in [0.15, 0.2) is 0 Å². The molecular formula is C15H23NO6. The van der Waals surface area contributed by atoms with Crippen molar-refractivity contribution in [3.63, 3.8) is 0 Å². The summed E-state index contributed by atoms with van der Waals surface area (Å²) < 4.78 is 15.3. The predicted octanol–water partition coefficient (Wildman–Crippen LogP) is 1.66. The normalized spacial score (nSPS) is 20.7. The zero-order chi connectivity index (χ0) is 16.9. The van der Waals surface area contributed by atoms with Gasteiger partial charge < -0.3 is 14.2 Å². The van der Waals surface area contributed by atoms with Gasteiger partial charge in [0.2, 0.25) is 0 Å². The quantitative estimate of drug-likeness (QED) is 0.446. The molecule has 0 saturated carbocycles. The van der Waals surface area contributed by atoms with Crippen LogP contribution in [0.25, 0.3) is 0 Å². The van der Waals surface area contributed by atoms with Gasteiger partial charge in [0, 0.05) is 13.8 Å². The zero-order valence-corrected chi connectivity index (χ0v) is 13.6. The fraction of sp³-hybridized carbons (Fsp3) is 0.667. The molecule has 0 spiro atoms. The van der Waals surface area contributed by atoms with Crippen LogP contribution in [0, 0.1) is 0 Å². The first kappa shape index (κ1) is 18.0. The fourth-order valence-corrected chi connectivity index (χ4v) is 1.95. The second-order valence-corrected chi connectivity index (χ2v) is 6.01. The van der Waals surface area contributed by atoms with Crippen molar-refractivity contribution in [1.29, 1.82) is 0 Å². The standard InChI is InChI=1S/C15H23NO6/c1-10(17)20-8-12-6-7-13(9-21-11(2)18)16(12)14(19)22-15(3,4)5/h6-7,12-13H,8-9H2,1-5H3/t12-,13+. The molecule has 124 valence electrons. The van der Waals surface area contributed by atoms with Gasteiger partial charge in [-0.3, -0.25) is 14.5 Å². The lowest BCUT2D eigenvalue weighted by Crippen LogP contribution is -2.48. The number of esters is 2. The van der Waals surface area contributed by atoms with E-state index in [0.29, 0.717) is 0 Å². The summed E-state index contributed by atoms with van der Waals surface area (Å²) >= 11 is 0. The molecule has 0 bridgehead atoms. The number of carbonyl (C=O) groups is 3.